The van der Waals surface area contributed by atoms with Gasteiger partial charge in [-0.2, -0.15) is 0 Å². The van der Waals surface area contributed by atoms with Crippen LogP contribution in [0.15, 0.2) is 30.5 Å². The van der Waals surface area contributed by atoms with E-state index in [4.69, 9.17) is 16.3 Å². The lowest BCUT2D eigenvalue weighted by atomic mass is 10.1. The molecule has 0 atom stereocenters. The summed E-state index contributed by atoms with van der Waals surface area (Å²) in [6.07, 6.45) is 1.68. The molecule has 0 aliphatic heterocycles. The third-order valence-electron chi connectivity index (χ3n) is 4.01. The van der Waals surface area contributed by atoms with Gasteiger partial charge in [-0.15, -0.1) is 10.2 Å². The van der Waals surface area contributed by atoms with Gasteiger partial charge in [0.15, 0.2) is 17.1 Å². The van der Waals surface area contributed by atoms with Crippen LogP contribution in [0.3, 0.4) is 0 Å². The number of rotatable bonds is 2. The van der Waals surface area contributed by atoms with E-state index in [1.807, 2.05) is 36.4 Å². The fraction of sp³-hybridized carbons (Fsp3) is 0.176. The molecule has 6 nitrogen and oxygen atoms in total. The zero-order chi connectivity index (χ0) is 16.8. The SMILES string of the molecule is COc1ccnc2c1nc(C)c1nnc(-c3c(C)cccc3Cl)n12. The van der Waals surface area contributed by atoms with E-state index in [9.17, 15) is 0 Å². The van der Waals surface area contributed by atoms with Gasteiger partial charge in [-0.1, -0.05) is 23.7 Å². The van der Waals surface area contributed by atoms with Crippen LogP contribution in [-0.2, 0) is 0 Å². The molecule has 0 unspecified atom stereocenters. The molecule has 24 heavy (non-hydrogen) atoms. The molecule has 0 fully saturated rings. The Bertz CT molecular complexity index is 1070. The van der Waals surface area contributed by atoms with Crippen molar-refractivity contribution in [3.8, 4) is 17.1 Å². The number of methoxy groups -OCH3 is 1. The Labute approximate surface area is 143 Å². The molecule has 7 heteroatoms. The van der Waals surface area contributed by atoms with Crippen LogP contribution < -0.4 is 4.74 Å². The summed E-state index contributed by atoms with van der Waals surface area (Å²) < 4.78 is 7.30. The lowest BCUT2D eigenvalue weighted by molar-refractivity contribution is 0.418. The molecule has 0 aliphatic carbocycles. The van der Waals surface area contributed by atoms with E-state index in [0.29, 0.717) is 33.4 Å². The van der Waals surface area contributed by atoms with E-state index in [0.717, 1.165) is 16.8 Å². The Morgan fingerprint density at radius 2 is 1.92 bits per heavy atom. The molecule has 0 saturated carbocycles. The quantitative estimate of drug-likeness (QED) is 0.558. The largest absolute Gasteiger partial charge is 0.494 e. The summed E-state index contributed by atoms with van der Waals surface area (Å²) in [7, 11) is 1.61. The monoisotopic (exact) mass is 339 g/mol. The molecule has 0 radical (unpaired) electrons. The van der Waals surface area contributed by atoms with E-state index in [2.05, 4.69) is 20.2 Å². The van der Waals surface area contributed by atoms with Gasteiger partial charge in [0.05, 0.1) is 17.8 Å². The lowest BCUT2D eigenvalue weighted by Crippen LogP contribution is -2.01. The third-order valence-corrected chi connectivity index (χ3v) is 4.33. The topological polar surface area (TPSA) is 65.2 Å². The molecule has 0 N–H and O–H groups in total. The summed E-state index contributed by atoms with van der Waals surface area (Å²) in [5.41, 5.74) is 4.55. The maximum absolute atomic E-state index is 6.43. The molecule has 0 bridgehead atoms. The van der Waals surface area contributed by atoms with Gasteiger partial charge < -0.3 is 4.74 Å². The molecule has 120 valence electrons. The first-order valence-electron chi connectivity index (χ1n) is 7.41. The summed E-state index contributed by atoms with van der Waals surface area (Å²) in [5, 5.41) is 9.28. The summed E-state index contributed by atoms with van der Waals surface area (Å²) >= 11 is 6.43. The molecule has 1 aromatic carbocycles. The van der Waals surface area contributed by atoms with Gasteiger partial charge >= 0.3 is 0 Å². The van der Waals surface area contributed by atoms with Crippen LogP contribution in [0.1, 0.15) is 11.3 Å². The summed E-state index contributed by atoms with van der Waals surface area (Å²) in [6, 6.07) is 7.53. The summed E-state index contributed by atoms with van der Waals surface area (Å²) in [4.78, 5) is 9.06. The van der Waals surface area contributed by atoms with Crippen LogP contribution in [0, 0.1) is 13.8 Å². The standard InChI is InChI=1S/C17H14ClN5O/c1-9-5-4-6-11(18)13(9)16-22-21-15-10(2)20-14-12(24-3)7-8-19-17(14)23(15)16/h4-8H,1-3H3. The molecule has 3 aromatic heterocycles. The molecule has 0 spiro atoms. The van der Waals surface area contributed by atoms with Crippen LogP contribution in [0.25, 0.3) is 28.2 Å². The number of ether oxygens (including phenoxy) is 1. The molecular weight excluding hydrogens is 326 g/mol. The maximum atomic E-state index is 6.43. The maximum Gasteiger partial charge on any atom is 0.184 e. The van der Waals surface area contributed by atoms with Crippen molar-refractivity contribution in [1.82, 2.24) is 24.6 Å². The van der Waals surface area contributed by atoms with Crippen molar-refractivity contribution in [2.75, 3.05) is 7.11 Å². The number of halogens is 1. The third kappa shape index (κ3) is 2.03. The van der Waals surface area contributed by atoms with Crippen molar-refractivity contribution in [2.45, 2.75) is 13.8 Å². The van der Waals surface area contributed by atoms with Crippen molar-refractivity contribution in [3.63, 3.8) is 0 Å². The number of pyridine rings is 1. The van der Waals surface area contributed by atoms with E-state index in [1.54, 1.807) is 19.4 Å². The van der Waals surface area contributed by atoms with Gasteiger partial charge in [0.25, 0.3) is 0 Å². The first-order chi connectivity index (χ1) is 11.6. The fourth-order valence-electron chi connectivity index (χ4n) is 2.87. The zero-order valence-electron chi connectivity index (χ0n) is 13.4. The number of hydrogen-bond acceptors (Lipinski definition) is 5. The Morgan fingerprint density at radius 1 is 1.08 bits per heavy atom. The second-order valence-corrected chi connectivity index (χ2v) is 5.90. The predicted molar refractivity (Wildman–Crippen MR) is 92.6 cm³/mol. The van der Waals surface area contributed by atoms with Crippen LogP contribution in [0.2, 0.25) is 5.02 Å². The minimum atomic E-state index is 0.620. The minimum absolute atomic E-state index is 0.620. The van der Waals surface area contributed by atoms with Crippen LogP contribution >= 0.6 is 11.6 Å². The van der Waals surface area contributed by atoms with Crippen molar-refractivity contribution in [3.05, 3.63) is 46.7 Å². The molecule has 0 saturated heterocycles. The number of nitrogens with zero attached hydrogens (tertiary/aromatic N) is 5. The number of fused-ring (bicyclic) bond motifs is 3. The van der Waals surface area contributed by atoms with Gasteiger partial charge in [-0.3, -0.25) is 4.40 Å². The number of benzene rings is 1. The Hall–Kier alpha value is -2.73. The van der Waals surface area contributed by atoms with Gasteiger partial charge in [0.2, 0.25) is 0 Å². The highest BCUT2D eigenvalue weighted by Crippen LogP contribution is 2.32. The number of aromatic nitrogens is 5. The Kier molecular flexibility index (Phi) is 3.35. The van der Waals surface area contributed by atoms with Crippen LogP contribution in [0.5, 0.6) is 5.75 Å². The van der Waals surface area contributed by atoms with Crippen molar-refractivity contribution < 1.29 is 4.74 Å². The summed E-state index contributed by atoms with van der Waals surface area (Å²) in [6.45, 7) is 3.88. The Morgan fingerprint density at radius 3 is 2.67 bits per heavy atom. The van der Waals surface area contributed by atoms with Crippen LogP contribution in [-0.4, -0.2) is 31.7 Å². The fourth-order valence-corrected chi connectivity index (χ4v) is 3.18. The van der Waals surface area contributed by atoms with Gasteiger partial charge in [-0.25, -0.2) is 9.97 Å². The van der Waals surface area contributed by atoms with Gasteiger partial charge in [0, 0.05) is 17.8 Å². The molecular formula is C17H14ClN5O. The normalized spacial score (nSPS) is 11.3. The molecule has 3 heterocycles. The number of aryl methyl sites for hydroxylation is 2. The average molecular weight is 340 g/mol. The molecule has 0 amide bonds. The first-order valence-corrected chi connectivity index (χ1v) is 7.79. The highest BCUT2D eigenvalue weighted by Gasteiger charge is 2.19. The van der Waals surface area contributed by atoms with Crippen molar-refractivity contribution >= 4 is 28.4 Å². The highest BCUT2D eigenvalue weighted by molar-refractivity contribution is 6.33. The summed E-state index contributed by atoms with van der Waals surface area (Å²) in [5.74, 6) is 1.30. The number of hydrogen-bond donors (Lipinski definition) is 0. The van der Waals surface area contributed by atoms with E-state index < -0.39 is 0 Å². The van der Waals surface area contributed by atoms with E-state index >= 15 is 0 Å². The molecule has 4 rings (SSSR count). The van der Waals surface area contributed by atoms with Gasteiger partial charge in [-0.05, 0) is 25.5 Å². The molecule has 0 aliphatic rings. The first kappa shape index (κ1) is 14.8. The predicted octanol–water partition coefficient (Wildman–Crippen LogP) is 3.62. The lowest BCUT2D eigenvalue weighted by Gasteiger charge is -2.10. The average Bonchev–Trinajstić information content (AvgIpc) is 3.00. The zero-order valence-corrected chi connectivity index (χ0v) is 14.2. The van der Waals surface area contributed by atoms with Gasteiger partial charge in [0.1, 0.15) is 11.3 Å². The second kappa shape index (κ2) is 5.42. The van der Waals surface area contributed by atoms with Crippen molar-refractivity contribution in [2.24, 2.45) is 0 Å². The Balaban J connectivity index is 2.20. The van der Waals surface area contributed by atoms with E-state index in [-0.39, 0.29) is 0 Å². The highest BCUT2D eigenvalue weighted by atomic mass is 35.5. The van der Waals surface area contributed by atoms with E-state index in [1.165, 1.54) is 0 Å². The smallest absolute Gasteiger partial charge is 0.184 e. The minimum Gasteiger partial charge on any atom is -0.494 e. The van der Waals surface area contributed by atoms with Crippen molar-refractivity contribution in [1.29, 1.82) is 0 Å². The second-order valence-electron chi connectivity index (χ2n) is 5.50. The molecule has 4 aromatic rings. The van der Waals surface area contributed by atoms with Crippen LogP contribution in [0.4, 0.5) is 0 Å².